The van der Waals surface area contributed by atoms with E-state index in [1.165, 1.54) is 25.7 Å². The predicted octanol–water partition coefficient (Wildman–Crippen LogP) is 1.93. The summed E-state index contributed by atoms with van der Waals surface area (Å²) in [7, 11) is 0. The second-order valence-electron chi connectivity index (χ2n) is 4.41. The van der Waals surface area contributed by atoms with Gasteiger partial charge in [-0.05, 0) is 39.0 Å². The van der Waals surface area contributed by atoms with Gasteiger partial charge in [0.2, 0.25) is 0 Å². The van der Waals surface area contributed by atoms with E-state index in [9.17, 15) is 0 Å². The van der Waals surface area contributed by atoms with Crippen molar-refractivity contribution in [3.05, 3.63) is 0 Å². The predicted molar refractivity (Wildman–Crippen MR) is 55.7 cm³/mol. The molecule has 0 amide bonds. The quantitative estimate of drug-likeness (QED) is 0.686. The fraction of sp³-hybridized carbons (Fsp3) is 1.00. The molecular formula is C11H23NO. The number of aliphatic hydroxyl groups is 1. The van der Waals surface area contributed by atoms with E-state index in [0.29, 0.717) is 18.7 Å². The van der Waals surface area contributed by atoms with E-state index in [2.05, 4.69) is 19.2 Å². The van der Waals surface area contributed by atoms with Gasteiger partial charge < -0.3 is 10.4 Å². The summed E-state index contributed by atoms with van der Waals surface area (Å²) >= 11 is 0. The van der Waals surface area contributed by atoms with E-state index in [-0.39, 0.29) is 0 Å². The SMILES string of the molecule is CC(N[C@H](C)CCO)C1CCCC1. The molecular weight excluding hydrogens is 162 g/mol. The van der Waals surface area contributed by atoms with Gasteiger partial charge in [-0.25, -0.2) is 0 Å². The molecule has 0 spiro atoms. The molecule has 2 atom stereocenters. The lowest BCUT2D eigenvalue weighted by atomic mass is 9.99. The van der Waals surface area contributed by atoms with Crippen LogP contribution in [0.1, 0.15) is 46.0 Å². The van der Waals surface area contributed by atoms with Gasteiger partial charge in [-0.2, -0.15) is 0 Å². The Balaban J connectivity index is 2.18. The van der Waals surface area contributed by atoms with Crippen LogP contribution >= 0.6 is 0 Å². The summed E-state index contributed by atoms with van der Waals surface area (Å²) in [6.07, 6.45) is 6.47. The van der Waals surface area contributed by atoms with Crippen molar-refractivity contribution >= 4 is 0 Å². The first-order valence-electron chi connectivity index (χ1n) is 5.61. The van der Waals surface area contributed by atoms with Crippen molar-refractivity contribution < 1.29 is 5.11 Å². The Hall–Kier alpha value is -0.0800. The molecule has 1 rings (SSSR count). The number of rotatable bonds is 5. The number of aliphatic hydroxyl groups excluding tert-OH is 1. The molecule has 78 valence electrons. The molecule has 2 nitrogen and oxygen atoms in total. The van der Waals surface area contributed by atoms with E-state index < -0.39 is 0 Å². The van der Waals surface area contributed by atoms with E-state index in [1.54, 1.807) is 0 Å². The first kappa shape index (κ1) is 11.0. The largest absolute Gasteiger partial charge is 0.396 e. The zero-order chi connectivity index (χ0) is 9.68. The molecule has 1 fully saturated rings. The molecule has 0 radical (unpaired) electrons. The maximum atomic E-state index is 8.77. The maximum absolute atomic E-state index is 8.77. The molecule has 0 aromatic rings. The van der Waals surface area contributed by atoms with Crippen molar-refractivity contribution in [3.8, 4) is 0 Å². The van der Waals surface area contributed by atoms with Gasteiger partial charge in [0.15, 0.2) is 0 Å². The Labute approximate surface area is 81.7 Å². The minimum Gasteiger partial charge on any atom is -0.396 e. The Kier molecular flexibility index (Phi) is 4.74. The van der Waals surface area contributed by atoms with E-state index in [4.69, 9.17) is 5.11 Å². The summed E-state index contributed by atoms with van der Waals surface area (Å²) in [5.74, 6) is 0.876. The minimum absolute atomic E-state index is 0.297. The highest BCUT2D eigenvalue weighted by Gasteiger charge is 2.21. The summed E-state index contributed by atoms with van der Waals surface area (Å²) in [5, 5.41) is 12.3. The standard InChI is InChI=1S/C11H23NO/c1-9(7-8-13)12-10(2)11-5-3-4-6-11/h9-13H,3-8H2,1-2H3/t9-,10?/m1/s1. The molecule has 2 heteroatoms. The zero-order valence-corrected chi connectivity index (χ0v) is 8.92. The van der Waals surface area contributed by atoms with Gasteiger partial charge in [-0.1, -0.05) is 12.8 Å². The summed E-state index contributed by atoms with van der Waals surface area (Å²) in [6.45, 7) is 4.73. The van der Waals surface area contributed by atoms with Crippen LogP contribution < -0.4 is 5.32 Å². The highest BCUT2D eigenvalue weighted by Crippen LogP contribution is 2.27. The third-order valence-corrected chi connectivity index (χ3v) is 3.22. The van der Waals surface area contributed by atoms with Gasteiger partial charge in [0.1, 0.15) is 0 Å². The fourth-order valence-electron chi connectivity index (χ4n) is 2.32. The first-order chi connectivity index (χ1) is 6.24. The molecule has 1 aliphatic carbocycles. The summed E-state index contributed by atoms with van der Waals surface area (Å²) < 4.78 is 0. The van der Waals surface area contributed by atoms with Crippen molar-refractivity contribution in [1.29, 1.82) is 0 Å². The van der Waals surface area contributed by atoms with Crippen LogP contribution in [-0.2, 0) is 0 Å². The van der Waals surface area contributed by atoms with E-state index >= 15 is 0 Å². The monoisotopic (exact) mass is 185 g/mol. The molecule has 0 heterocycles. The highest BCUT2D eigenvalue weighted by molar-refractivity contribution is 4.79. The lowest BCUT2D eigenvalue weighted by Gasteiger charge is -2.24. The molecule has 13 heavy (non-hydrogen) atoms. The third-order valence-electron chi connectivity index (χ3n) is 3.22. The maximum Gasteiger partial charge on any atom is 0.0445 e. The summed E-state index contributed by atoms with van der Waals surface area (Å²) in [6, 6.07) is 1.09. The zero-order valence-electron chi connectivity index (χ0n) is 8.92. The lowest BCUT2D eigenvalue weighted by Crippen LogP contribution is -2.39. The van der Waals surface area contributed by atoms with Crippen LogP contribution in [0.5, 0.6) is 0 Å². The molecule has 0 aromatic carbocycles. The van der Waals surface area contributed by atoms with Crippen LogP contribution in [0.25, 0.3) is 0 Å². The van der Waals surface area contributed by atoms with E-state index in [0.717, 1.165) is 12.3 Å². The van der Waals surface area contributed by atoms with Crippen molar-refractivity contribution in [2.45, 2.75) is 58.0 Å². The second-order valence-corrected chi connectivity index (χ2v) is 4.41. The highest BCUT2D eigenvalue weighted by atomic mass is 16.3. The van der Waals surface area contributed by atoms with Crippen LogP contribution in [0.3, 0.4) is 0 Å². The van der Waals surface area contributed by atoms with Crippen molar-refractivity contribution in [2.75, 3.05) is 6.61 Å². The van der Waals surface area contributed by atoms with Crippen LogP contribution in [0.4, 0.5) is 0 Å². The number of hydrogen-bond acceptors (Lipinski definition) is 2. The summed E-state index contributed by atoms with van der Waals surface area (Å²) in [4.78, 5) is 0. The van der Waals surface area contributed by atoms with Crippen molar-refractivity contribution in [3.63, 3.8) is 0 Å². The summed E-state index contributed by atoms with van der Waals surface area (Å²) in [5.41, 5.74) is 0. The van der Waals surface area contributed by atoms with Crippen LogP contribution in [-0.4, -0.2) is 23.8 Å². The molecule has 1 saturated carbocycles. The number of nitrogens with one attached hydrogen (secondary N) is 1. The van der Waals surface area contributed by atoms with Crippen LogP contribution in [0.2, 0.25) is 0 Å². The molecule has 1 unspecified atom stereocenters. The Morgan fingerprint density at radius 3 is 2.46 bits per heavy atom. The van der Waals surface area contributed by atoms with Crippen LogP contribution in [0, 0.1) is 5.92 Å². The third kappa shape index (κ3) is 3.65. The van der Waals surface area contributed by atoms with Crippen molar-refractivity contribution in [1.82, 2.24) is 5.32 Å². The van der Waals surface area contributed by atoms with Gasteiger partial charge in [-0.15, -0.1) is 0 Å². The minimum atomic E-state index is 0.297. The Bertz CT molecular complexity index is 132. The molecule has 0 saturated heterocycles. The first-order valence-corrected chi connectivity index (χ1v) is 5.61. The van der Waals surface area contributed by atoms with E-state index in [1.807, 2.05) is 0 Å². The Morgan fingerprint density at radius 2 is 1.92 bits per heavy atom. The normalized spacial score (nSPS) is 23.3. The number of hydrogen-bond donors (Lipinski definition) is 2. The molecule has 0 bridgehead atoms. The average molecular weight is 185 g/mol. The molecule has 0 aromatic heterocycles. The average Bonchev–Trinajstić information content (AvgIpc) is 2.55. The van der Waals surface area contributed by atoms with Gasteiger partial charge >= 0.3 is 0 Å². The van der Waals surface area contributed by atoms with Crippen LogP contribution in [0.15, 0.2) is 0 Å². The van der Waals surface area contributed by atoms with Gasteiger partial charge in [0.05, 0.1) is 0 Å². The second kappa shape index (κ2) is 5.61. The molecule has 1 aliphatic rings. The van der Waals surface area contributed by atoms with Gasteiger partial charge in [-0.3, -0.25) is 0 Å². The van der Waals surface area contributed by atoms with Gasteiger partial charge in [0.25, 0.3) is 0 Å². The fourth-order valence-corrected chi connectivity index (χ4v) is 2.32. The topological polar surface area (TPSA) is 32.3 Å². The lowest BCUT2D eigenvalue weighted by molar-refractivity contribution is 0.254. The molecule has 2 N–H and O–H groups in total. The Morgan fingerprint density at radius 1 is 1.31 bits per heavy atom. The van der Waals surface area contributed by atoms with Gasteiger partial charge in [0, 0.05) is 18.7 Å². The smallest absolute Gasteiger partial charge is 0.0445 e. The molecule has 0 aliphatic heterocycles. The van der Waals surface area contributed by atoms with Crippen molar-refractivity contribution in [2.24, 2.45) is 5.92 Å².